The number of amides is 2. The lowest BCUT2D eigenvalue weighted by atomic mass is 9.27. The minimum atomic E-state index is -0.0641. The van der Waals surface area contributed by atoms with Crippen molar-refractivity contribution < 1.29 is 14.3 Å². The Kier molecular flexibility index (Phi) is 6.28. The first-order chi connectivity index (χ1) is 17.5. The molecule has 2 aromatic rings. The molecule has 4 aliphatic rings. The number of nitrogens with zero attached hydrogens (tertiary/aromatic N) is 3. The van der Waals surface area contributed by atoms with Gasteiger partial charge in [0.2, 0.25) is 5.91 Å². The number of ether oxygens (including phenoxy) is 1. The Morgan fingerprint density at radius 2 is 2.11 bits per heavy atom. The molecule has 1 saturated heterocycles. The molecule has 2 N–H and O–H groups in total. The highest BCUT2D eigenvalue weighted by Gasteiger charge is 2.72. The summed E-state index contributed by atoms with van der Waals surface area (Å²) in [7, 11) is 1.67. The van der Waals surface area contributed by atoms with E-state index < -0.39 is 0 Å². The van der Waals surface area contributed by atoms with Crippen LogP contribution in [0.5, 0.6) is 0 Å². The number of pyridine rings is 1. The highest BCUT2D eigenvalue weighted by Crippen LogP contribution is 2.78. The molecule has 0 aromatic carbocycles. The molecule has 194 valence electrons. The van der Waals surface area contributed by atoms with Crippen molar-refractivity contribution in [3.8, 4) is 0 Å². The van der Waals surface area contributed by atoms with E-state index in [1.165, 1.54) is 19.3 Å². The smallest absolute Gasteiger partial charge is 0.268 e. The molecule has 6 rings (SSSR count). The van der Waals surface area contributed by atoms with Crippen molar-refractivity contribution in [1.82, 2.24) is 24.9 Å². The average Bonchev–Trinajstić information content (AvgIpc) is 3.28. The maximum absolute atomic E-state index is 13.3. The number of imidazole rings is 1. The zero-order valence-corrected chi connectivity index (χ0v) is 21.5. The first-order valence-corrected chi connectivity index (χ1v) is 13.8. The topological polar surface area (TPSA) is 88.0 Å². The van der Waals surface area contributed by atoms with Gasteiger partial charge in [-0.05, 0) is 86.4 Å². The third-order valence-corrected chi connectivity index (χ3v) is 9.97. The fourth-order valence-corrected chi connectivity index (χ4v) is 7.98. The van der Waals surface area contributed by atoms with E-state index in [0.29, 0.717) is 41.5 Å². The number of nitrogens with one attached hydrogen (secondary N) is 2. The van der Waals surface area contributed by atoms with Gasteiger partial charge in [0.15, 0.2) is 0 Å². The lowest BCUT2D eigenvalue weighted by Gasteiger charge is -2.78. The predicted octanol–water partition coefficient (Wildman–Crippen LogP) is 2.52. The van der Waals surface area contributed by atoms with E-state index in [4.69, 9.17) is 4.74 Å². The van der Waals surface area contributed by atoms with Crippen LogP contribution in [0.2, 0.25) is 0 Å². The molecule has 5 unspecified atom stereocenters. The molecule has 5 atom stereocenters. The highest BCUT2D eigenvalue weighted by molar-refractivity contribution is 5.93. The molecule has 0 bridgehead atoms. The number of rotatable bonds is 9. The summed E-state index contributed by atoms with van der Waals surface area (Å²) in [4.78, 5) is 33.1. The number of carbonyl (C=O) groups is 2. The Bertz CT molecular complexity index is 1140. The SMILES string of the molecule is COCCN(C(=O)Cc1cn2c(C(=O)NCC3CC45C(C)CC4CC35)cccc2n1)C1CCNCC1. The van der Waals surface area contributed by atoms with E-state index in [1.54, 1.807) is 7.11 Å². The Morgan fingerprint density at radius 1 is 1.28 bits per heavy atom. The lowest BCUT2D eigenvalue weighted by Crippen LogP contribution is -2.72. The molecule has 4 fully saturated rings. The van der Waals surface area contributed by atoms with Crippen molar-refractivity contribution in [2.45, 2.75) is 51.5 Å². The summed E-state index contributed by atoms with van der Waals surface area (Å²) in [5, 5.41) is 6.57. The quantitative estimate of drug-likeness (QED) is 0.561. The maximum Gasteiger partial charge on any atom is 0.268 e. The normalized spacial score (nSPS) is 30.9. The van der Waals surface area contributed by atoms with E-state index in [2.05, 4.69) is 22.5 Å². The van der Waals surface area contributed by atoms with E-state index in [9.17, 15) is 9.59 Å². The van der Waals surface area contributed by atoms with Gasteiger partial charge in [-0.2, -0.15) is 0 Å². The zero-order valence-electron chi connectivity index (χ0n) is 21.5. The van der Waals surface area contributed by atoms with Crippen LogP contribution in [0.4, 0.5) is 0 Å². The molecule has 1 aliphatic heterocycles. The van der Waals surface area contributed by atoms with Gasteiger partial charge in [-0.3, -0.25) is 14.0 Å². The fraction of sp³-hybridized carbons (Fsp3) is 0.679. The summed E-state index contributed by atoms with van der Waals surface area (Å²) in [5.74, 6) is 3.27. The molecule has 36 heavy (non-hydrogen) atoms. The number of piperidine rings is 1. The van der Waals surface area contributed by atoms with Gasteiger partial charge >= 0.3 is 0 Å². The summed E-state index contributed by atoms with van der Waals surface area (Å²) in [6.45, 7) is 6.12. The lowest BCUT2D eigenvalue weighted by molar-refractivity contribution is -0.289. The minimum Gasteiger partial charge on any atom is -0.383 e. The Hall–Kier alpha value is -2.45. The van der Waals surface area contributed by atoms with Crippen LogP contribution in [0.1, 0.15) is 55.2 Å². The number of carbonyl (C=O) groups excluding carboxylic acids is 2. The van der Waals surface area contributed by atoms with Gasteiger partial charge in [0, 0.05) is 32.4 Å². The van der Waals surface area contributed by atoms with Crippen molar-refractivity contribution in [3.05, 3.63) is 35.8 Å². The van der Waals surface area contributed by atoms with Gasteiger partial charge in [-0.1, -0.05) is 13.0 Å². The predicted molar refractivity (Wildman–Crippen MR) is 137 cm³/mol. The van der Waals surface area contributed by atoms with E-state index >= 15 is 0 Å². The molecule has 2 amide bonds. The van der Waals surface area contributed by atoms with Crippen molar-refractivity contribution in [1.29, 1.82) is 0 Å². The van der Waals surface area contributed by atoms with Gasteiger partial charge in [0.1, 0.15) is 11.3 Å². The summed E-state index contributed by atoms with van der Waals surface area (Å²) in [6, 6.07) is 5.83. The largest absolute Gasteiger partial charge is 0.383 e. The van der Waals surface area contributed by atoms with Crippen LogP contribution >= 0.6 is 0 Å². The van der Waals surface area contributed by atoms with Crippen molar-refractivity contribution in [2.75, 3.05) is 39.9 Å². The van der Waals surface area contributed by atoms with Crippen LogP contribution < -0.4 is 10.6 Å². The highest BCUT2D eigenvalue weighted by atomic mass is 16.5. The molecular formula is C28H39N5O3. The Labute approximate surface area is 213 Å². The first-order valence-electron chi connectivity index (χ1n) is 13.8. The van der Waals surface area contributed by atoms with Crippen LogP contribution in [-0.2, 0) is 16.0 Å². The second-order valence-electron chi connectivity index (χ2n) is 11.6. The van der Waals surface area contributed by atoms with Gasteiger partial charge in [-0.15, -0.1) is 0 Å². The zero-order chi connectivity index (χ0) is 24.9. The molecule has 2 aromatic heterocycles. The van der Waals surface area contributed by atoms with E-state index in [0.717, 1.165) is 50.2 Å². The van der Waals surface area contributed by atoms with E-state index in [1.807, 2.05) is 33.7 Å². The van der Waals surface area contributed by atoms with Crippen LogP contribution in [0.15, 0.2) is 24.4 Å². The molecule has 3 aliphatic carbocycles. The number of hydrogen-bond acceptors (Lipinski definition) is 5. The van der Waals surface area contributed by atoms with Crippen LogP contribution in [-0.4, -0.2) is 72.0 Å². The molecule has 0 radical (unpaired) electrons. The van der Waals surface area contributed by atoms with Crippen LogP contribution in [0.25, 0.3) is 5.65 Å². The van der Waals surface area contributed by atoms with Crippen molar-refractivity contribution >= 4 is 17.5 Å². The second-order valence-corrected chi connectivity index (χ2v) is 11.6. The standard InChI is InChI=1S/C28H39N5O3/c1-18-12-20-13-23-19(15-28(18,20)23)16-30-27(35)24-4-3-5-25-31-21(17-33(24)25)14-26(34)32(10-11-36-2)22-6-8-29-9-7-22/h3-5,17-20,22-23,29H,6-16H2,1-2H3,(H,30,35). The summed E-state index contributed by atoms with van der Waals surface area (Å²) in [6.07, 6.45) is 8.03. The fourth-order valence-electron chi connectivity index (χ4n) is 7.98. The second kappa shape index (κ2) is 9.45. The molecule has 3 heterocycles. The van der Waals surface area contributed by atoms with Crippen LogP contribution in [0.3, 0.4) is 0 Å². The minimum absolute atomic E-state index is 0.0641. The van der Waals surface area contributed by atoms with Gasteiger partial charge < -0.3 is 20.3 Å². The van der Waals surface area contributed by atoms with Crippen molar-refractivity contribution in [2.24, 2.45) is 29.1 Å². The summed E-state index contributed by atoms with van der Waals surface area (Å²) in [5.41, 5.74) is 2.60. The van der Waals surface area contributed by atoms with Crippen LogP contribution in [0, 0.1) is 29.1 Å². The van der Waals surface area contributed by atoms with Gasteiger partial charge in [0.05, 0.1) is 18.7 Å². The first kappa shape index (κ1) is 23.9. The summed E-state index contributed by atoms with van der Waals surface area (Å²) < 4.78 is 7.10. The number of methoxy groups -OCH3 is 1. The monoisotopic (exact) mass is 493 g/mol. The number of fused-ring (bicyclic) bond motifs is 1. The Morgan fingerprint density at radius 3 is 2.83 bits per heavy atom. The molecule has 8 heteroatoms. The average molecular weight is 494 g/mol. The van der Waals surface area contributed by atoms with E-state index in [-0.39, 0.29) is 24.3 Å². The molecule has 8 nitrogen and oxygen atoms in total. The third-order valence-electron chi connectivity index (χ3n) is 9.97. The molecule has 1 spiro atoms. The molecule has 3 saturated carbocycles. The van der Waals surface area contributed by atoms with Gasteiger partial charge in [-0.25, -0.2) is 4.98 Å². The van der Waals surface area contributed by atoms with Gasteiger partial charge in [0.25, 0.3) is 5.91 Å². The maximum atomic E-state index is 13.3. The summed E-state index contributed by atoms with van der Waals surface area (Å²) >= 11 is 0. The molecular weight excluding hydrogens is 454 g/mol. The number of hydrogen-bond donors (Lipinski definition) is 2. The van der Waals surface area contributed by atoms with Crippen molar-refractivity contribution in [3.63, 3.8) is 0 Å². The third kappa shape index (κ3) is 3.84. The number of aromatic nitrogens is 2. The Balaban J connectivity index is 1.11.